The van der Waals surface area contributed by atoms with Crippen LogP contribution in [0.2, 0.25) is 5.02 Å². The van der Waals surface area contributed by atoms with Crippen LogP contribution in [-0.4, -0.2) is 26.2 Å². The molecule has 1 N–H and O–H groups in total. The summed E-state index contributed by atoms with van der Waals surface area (Å²) in [4.78, 5) is 9.71. The van der Waals surface area contributed by atoms with Gasteiger partial charge in [-0.3, -0.25) is 10.1 Å². The number of sulfone groups is 1. The Morgan fingerprint density at radius 1 is 1.27 bits per heavy atom. The molecule has 0 fully saturated rings. The van der Waals surface area contributed by atoms with E-state index in [0.717, 1.165) is 18.4 Å². The second-order valence-electron chi connectivity index (χ2n) is 5.20. The molecule has 11 heteroatoms. The van der Waals surface area contributed by atoms with Crippen molar-refractivity contribution in [2.75, 3.05) is 11.6 Å². The predicted molar refractivity (Wildman–Crippen MR) is 91.6 cm³/mol. The molecule has 0 amide bonds. The number of hydrogen-bond donors (Lipinski definition) is 1. The van der Waals surface area contributed by atoms with Crippen molar-refractivity contribution in [1.29, 1.82) is 0 Å². The van der Waals surface area contributed by atoms with Crippen molar-refractivity contribution >= 4 is 32.8 Å². The average Bonchev–Trinajstić information content (AvgIpc) is 2.53. The summed E-state index contributed by atoms with van der Waals surface area (Å²) in [6.45, 7) is -3.05. The first-order valence-electron chi connectivity index (χ1n) is 7.03. The number of rotatable bonds is 7. The van der Waals surface area contributed by atoms with Crippen molar-refractivity contribution < 1.29 is 26.9 Å². The van der Waals surface area contributed by atoms with E-state index < -0.39 is 32.0 Å². The van der Waals surface area contributed by atoms with Gasteiger partial charge in [-0.2, -0.15) is 8.78 Å². The Balaban J connectivity index is 2.31. The summed E-state index contributed by atoms with van der Waals surface area (Å²) in [5, 5.41) is 14.1. The lowest BCUT2D eigenvalue weighted by Gasteiger charge is -2.13. The highest BCUT2D eigenvalue weighted by Gasteiger charge is 2.22. The maximum Gasteiger partial charge on any atom is 0.387 e. The van der Waals surface area contributed by atoms with Gasteiger partial charge in [0, 0.05) is 35.1 Å². The van der Waals surface area contributed by atoms with E-state index in [2.05, 4.69) is 10.1 Å². The van der Waals surface area contributed by atoms with Crippen LogP contribution < -0.4 is 10.1 Å². The Morgan fingerprint density at radius 2 is 1.96 bits per heavy atom. The van der Waals surface area contributed by atoms with Crippen molar-refractivity contribution in [3.05, 3.63) is 57.1 Å². The number of ether oxygens (including phenoxy) is 1. The molecule has 0 bridgehead atoms. The maximum absolute atomic E-state index is 12.5. The zero-order valence-electron chi connectivity index (χ0n) is 13.3. The van der Waals surface area contributed by atoms with Gasteiger partial charge in [0.25, 0.3) is 5.69 Å². The summed E-state index contributed by atoms with van der Waals surface area (Å²) in [6, 6.07) is 7.54. The van der Waals surface area contributed by atoms with Gasteiger partial charge in [0.2, 0.25) is 0 Å². The molecule has 0 atom stereocenters. The number of hydrogen-bond acceptors (Lipinski definition) is 6. The van der Waals surface area contributed by atoms with E-state index in [1.165, 1.54) is 24.3 Å². The molecule has 26 heavy (non-hydrogen) atoms. The summed E-state index contributed by atoms with van der Waals surface area (Å²) in [5.74, 6) is -0.0952. The lowest BCUT2D eigenvalue weighted by molar-refractivity contribution is -0.387. The molecule has 0 aromatic heterocycles. The van der Waals surface area contributed by atoms with Crippen LogP contribution in [0.1, 0.15) is 5.56 Å². The zero-order valence-corrected chi connectivity index (χ0v) is 14.9. The summed E-state index contributed by atoms with van der Waals surface area (Å²) in [6.07, 6.45) is 0.852. The highest BCUT2D eigenvalue weighted by molar-refractivity contribution is 7.90. The minimum atomic E-state index is -3.84. The van der Waals surface area contributed by atoms with Crippen LogP contribution in [0.4, 0.5) is 20.2 Å². The number of benzene rings is 2. The molecule has 0 saturated carbocycles. The lowest BCUT2D eigenvalue weighted by atomic mass is 10.2. The van der Waals surface area contributed by atoms with Crippen LogP contribution in [0.25, 0.3) is 0 Å². The molecule has 0 saturated heterocycles. The molecule has 0 unspecified atom stereocenters. The minimum absolute atomic E-state index is 0.0242. The summed E-state index contributed by atoms with van der Waals surface area (Å²) < 4.78 is 52.8. The van der Waals surface area contributed by atoms with Gasteiger partial charge < -0.3 is 10.1 Å². The highest BCUT2D eigenvalue weighted by atomic mass is 35.5. The second kappa shape index (κ2) is 7.83. The fourth-order valence-corrected chi connectivity index (χ4v) is 3.22. The third kappa shape index (κ3) is 5.02. The first-order chi connectivity index (χ1) is 12.1. The first kappa shape index (κ1) is 19.9. The molecule has 7 nitrogen and oxygen atoms in total. The van der Waals surface area contributed by atoms with Crippen molar-refractivity contribution in [2.24, 2.45) is 0 Å². The average molecular weight is 407 g/mol. The zero-order chi connectivity index (χ0) is 19.5. The molecule has 2 aromatic carbocycles. The summed E-state index contributed by atoms with van der Waals surface area (Å²) >= 11 is 5.85. The van der Waals surface area contributed by atoms with E-state index in [0.29, 0.717) is 10.6 Å². The molecule has 0 spiro atoms. The van der Waals surface area contributed by atoms with Crippen LogP contribution in [0.15, 0.2) is 41.3 Å². The molecule has 0 aliphatic heterocycles. The van der Waals surface area contributed by atoms with Gasteiger partial charge in [-0.15, -0.1) is 0 Å². The van der Waals surface area contributed by atoms with E-state index in [-0.39, 0.29) is 18.0 Å². The number of halogens is 3. The predicted octanol–water partition coefficient (Wildman–Crippen LogP) is 3.87. The van der Waals surface area contributed by atoms with Crippen LogP contribution >= 0.6 is 11.6 Å². The van der Waals surface area contributed by atoms with Crippen LogP contribution in [0, 0.1) is 10.1 Å². The highest BCUT2D eigenvalue weighted by Crippen LogP contribution is 2.29. The van der Waals surface area contributed by atoms with Crippen LogP contribution in [0.5, 0.6) is 5.75 Å². The fraction of sp³-hybridized carbons (Fsp3) is 0.200. The number of nitro benzene ring substituents is 1. The first-order valence-corrected chi connectivity index (χ1v) is 9.30. The third-order valence-electron chi connectivity index (χ3n) is 3.28. The number of alkyl halides is 2. The maximum atomic E-state index is 12.5. The molecule has 0 aliphatic rings. The van der Waals surface area contributed by atoms with Gasteiger partial charge >= 0.3 is 6.61 Å². The van der Waals surface area contributed by atoms with Gasteiger partial charge in [-0.05, 0) is 30.3 Å². The monoisotopic (exact) mass is 406 g/mol. The second-order valence-corrected chi connectivity index (χ2v) is 7.62. The van der Waals surface area contributed by atoms with Crippen molar-refractivity contribution in [1.82, 2.24) is 0 Å². The topological polar surface area (TPSA) is 98.5 Å². The van der Waals surface area contributed by atoms with Gasteiger partial charge in [-0.25, -0.2) is 8.42 Å². The Labute approximate surface area is 152 Å². The van der Waals surface area contributed by atoms with Gasteiger partial charge in [-0.1, -0.05) is 11.6 Å². The quantitative estimate of drug-likeness (QED) is 0.553. The molecule has 140 valence electrons. The smallest absolute Gasteiger partial charge is 0.387 e. The van der Waals surface area contributed by atoms with Gasteiger partial charge in [0.1, 0.15) is 10.6 Å². The van der Waals surface area contributed by atoms with E-state index in [4.69, 9.17) is 11.6 Å². The standard InChI is InChI=1S/C15H13ClF2N2O5S/c1-26(23,24)14-7-11(3-4-12(14)20(21)22)19-8-9-6-10(16)2-5-13(9)25-15(17)18/h2-7,15,19H,8H2,1H3. The van der Waals surface area contributed by atoms with Crippen molar-refractivity contribution in [2.45, 2.75) is 18.1 Å². The molecular formula is C15H13ClF2N2O5S. The molecule has 0 radical (unpaired) electrons. The minimum Gasteiger partial charge on any atom is -0.434 e. The van der Waals surface area contributed by atoms with E-state index in [1.54, 1.807) is 0 Å². The van der Waals surface area contributed by atoms with E-state index in [9.17, 15) is 27.3 Å². The lowest BCUT2D eigenvalue weighted by Crippen LogP contribution is -2.08. The Bertz CT molecular complexity index is 938. The normalized spacial score (nSPS) is 11.4. The van der Waals surface area contributed by atoms with Crippen molar-refractivity contribution in [3.8, 4) is 5.75 Å². The Hall–Kier alpha value is -2.46. The largest absolute Gasteiger partial charge is 0.434 e. The summed E-state index contributed by atoms with van der Waals surface area (Å²) in [7, 11) is -3.84. The van der Waals surface area contributed by atoms with Crippen molar-refractivity contribution in [3.63, 3.8) is 0 Å². The third-order valence-corrected chi connectivity index (χ3v) is 4.64. The molecular weight excluding hydrogens is 394 g/mol. The van der Waals surface area contributed by atoms with E-state index in [1.807, 2.05) is 0 Å². The Kier molecular flexibility index (Phi) is 5.98. The molecule has 2 aromatic rings. The Morgan fingerprint density at radius 3 is 2.54 bits per heavy atom. The molecule has 0 heterocycles. The summed E-state index contributed by atoms with van der Waals surface area (Å²) in [5.41, 5.74) is -0.00131. The SMILES string of the molecule is CS(=O)(=O)c1cc(NCc2cc(Cl)ccc2OC(F)F)ccc1[N+](=O)[O-]. The van der Waals surface area contributed by atoms with Crippen LogP contribution in [-0.2, 0) is 16.4 Å². The fourth-order valence-electron chi connectivity index (χ4n) is 2.17. The number of nitrogens with zero attached hydrogens (tertiary/aromatic N) is 1. The van der Waals surface area contributed by atoms with E-state index >= 15 is 0 Å². The van der Waals surface area contributed by atoms with Gasteiger partial charge in [0.05, 0.1) is 4.92 Å². The number of anilines is 1. The molecule has 0 aliphatic carbocycles. The van der Waals surface area contributed by atoms with Gasteiger partial charge in [0.15, 0.2) is 9.84 Å². The number of nitro groups is 1. The number of nitrogens with one attached hydrogen (secondary N) is 1. The molecule has 2 rings (SSSR count). The van der Waals surface area contributed by atoms with Crippen LogP contribution in [0.3, 0.4) is 0 Å².